The van der Waals surface area contributed by atoms with Crippen LogP contribution in [0.1, 0.15) is 12.5 Å². The van der Waals surface area contributed by atoms with Crippen molar-refractivity contribution >= 4 is 27.0 Å². The number of carbonyl (C=O) groups excluding carboxylic acids is 1. The fourth-order valence-corrected chi connectivity index (χ4v) is 3.80. The Hall–Kier alpha value is -2.91. The van der Waals surface area contributed by atoms with Crippen molar-refractivity contribution in [1.82, 2.24) is 14.2 Å². The topological polar surface area (TPSA) is 102 Å². The Balaban J connectivity index is 1.71. The van der Waals surface area contributed by atoms with Gasteiger partial charge in [-0.2, -0.15) is 0 Å². The van der Waals surface area contributed by atoms with Crippen molar-refractivity contribution in [3.05, 3.63) is 64.6 Å². The molecule has 8 nitrogen and oxygen atoms in total. The largest absolute Gasteiger partial charge is 0.419 e. The lowest BCUT2D eigenvalue weighted by molar-refractivity contribution is -0.130. The highest BCUT2D eigenvalue weighted by atomic mass is 32.2. The molecule has 28 heavy (non-hydrogen) atoms. The minimum Gasteiger partial charge on any atom is -0.408 e. The quantitative estimate of drug-likeness (QED) is 0.644. The number of sulfonamides is 1. The Bertz CT molecular complexity index is 1150. The first-order valence-corrected chi connectivity index (χ1v) is 10.2. The standard InChI is InChI=1S/C19H21N3O5S/c1-3-22(13-14-7-5-4-6-8-14)18(23)12-20-28(25,26)15-9-10-16-17(11-15)27-19(24)21(16)2/h4-11,20H,3,12-13H2,1-2H3. The van der Waals surface area contributed by atoms with Crippen molar-refractivity contribution in [2.24, 2.45) is 7.05 Å². The number of benzene rings is 2. The Morgan fingerprint density at radius 3 is 2.57 bits per heavy atom. The molecule has 0 saturated heterocycles. The summed E-state index contributed by atoms with van der Waals surface area (Å²) < 4.78 is 33.7. The molecule has 1 aromatic heterocycles. The summed E-state index contributed by atoms with van der Waals surface area (Å²) >= 11 is 0. The summed E-state index contributed by atoms with van der Waals surface area (Å²) in [7, 11) is -2.40. The van der Waals surface area contributed by atoms with E-state index in [2.05, 4.69) is 4.72 Å². The van der Waals surface area contributed by atoms with Crippen molar-refractivity contribution in [2.75, 3.05) is 13.1 Å². The van der Waals surface area contributed by atoms with Crippen LogP contribution in [0.15, 0.2) is 62.6 Å². The van der Waals surface area contributed by atoms with Crippen LogP contribution >= 0.6 is 0 Å². The second kappa shape index (κ2) is 7.99. The molecule has 3 aromatic rings. The molecule has 0 saturated carbocycles. The van der Waals surface area contributed by atoms with Crippen molar-refractivity contribution in [3.8, 4) is 0 Å². The van der Waals surface area contributed by atoms with Crippen LogP contribution in [0.3, 0.4) is 0 Å². The molecule has 2 aromatic carbocycles. The molecule has 3 rings (SSSR count). The lowest BCUT2D eigenvalue weighted by Gasteiger charge is -2.21. The van der Waals surface area contributed by atoms with E-state index in [9.17, 15) is 18.0 Å². The number of oxazole rings is 1. The second-order valence-electron chi connectivity index (χ2n) is 6.27. The predicted octanol–water partition coefficient (Wildman–Crippen LogP) is 1.46. The molecule has 0 atom stereocenters. The molecular formula is C19H21N3O5S. The molecule has 0 spiro atoms. The van der Waals surface area contributed by atoms with Crippen molar-refractivity contribution in [3.63, 3.8) is 0 Å². The molecule has 0 bridgehead atoms. The zero-order chi connectivity index (χ0) is 20.3. The van der Waals surface area contributed by atoms with E-state index in [-0.39, 0.29) is 22.9 Å². The van der Waals surface area contributed by atoms with Gasteiger partial charge in [-0.05, 0) is 24.6 Å². The number of rotatable bonds is 7. The van der Waals surface area contributed by atoms with E-state index in [1.165, 1.54) is 29.8 Å². The highest BCUT2D eigenvalue weighted by Crippen LogP contribution is 2.17. The van der Waals surface area contributed by atoms with Gasteiger partial charge in [-0.1, -0.05) is 30.3 Å². The second-order valence-corrected chi connectivity index (χ2v) is 8.04. The summed E-state index contributed by atoms with van der Waals surface area (Å²) in [4.78, 5) is 25.5. The van der Waals surface area contributed by atoms with E-state index in [1.54, 1.807) is 4.90 Å². The number of amides is 1. The summed E-state index contributed by atoms with van der Waals surface area (Å²) in [6.45, 7) is 2.33. The summed E-state index contributed by atoms with van der Waals surface area (Å²) in [6.07, 6.45) is 0. The molecular weight excluding hydrogens is 382 g/mol. The van der Waals surface area contributed by atoms with Gasteiger partial charge in [0.05, 0.1) is 17.0 Å². The maximum Gasteiger partial charge on any atom is 0.419 e. The summed E-state index contributed by atoms with van der Waals surface area (Å²) in [6, 6.07) is 13.6. The van der Waals surface area contributed by atoms with Crippen LogP contribution in [-0.2, 0) is 28.4 Å². The number of likely N-dealkylation sites (N-methyl/N-ethyl adjacent to an activating group) is 1. The van der Waals surface area contributed by atoms with Crippen LogP contribution in [-0.4, -0.2) is 36.9 Å². The number of aromatic nitrogens is 1. The minimum absolute atomic E-state index is 0.0757. The zero-order valence-electron chi connectivity index (χ0n) is 15.6. The molecule has 1 heterocycles. The minimum atomic E-state index is -3.93. The third-order valence-electron chi connectivity index (χ3n) is 4.44. The van der Waals surface area contributed by atoms with Gasteiger partial charge in [-0.25, -0.2) is 17.9 Å². The third kappa shape index (κ3) is 4.15. The smallest absolute Gasteiger partial charge is 0.408 e. The maximum atomic E-state index is 12.5. The first-order chi connectivity index (χ1) is 13.3. The Morgan fingerprint density at radius 2 is 1.89 bits per heavy atom. The van der Waals surface area contributed by atoms with Gasteiger partial charge < -0.3 is 9.32 Å². The molecule has 0 aliphatic rings. The van der Waals surface area contributed by atoms with E-state index in [4.69, 9.17) is 4.42 Å². The summed E-state index contributed by atoms with van der Waals surface area (Å²) in [5, 5.41) is 0. The van der Waals surface area contributed by atoms with E-state index in [0.29, 0.717) is 18.6 Å². The van der Waals surface area contributed by atoms with Gasteiger partial charge in [0.2, 0.25) is 15.9 Å². The first-order valence-electron chi connectivity index (χ1n) is 8.73. The number of carbonyl (C=O) groups is 1. The lowest BCUT2D eigenvalue weighted by atomic mass is 10.2. The fourth-order valence-electron chi connectivity index (χ4n) is 2.81. The van der Waals surface area contributed by atoms with Crippen LogP contribution in [0.5, 0.6) is 0 Å². The van der Waals surface area contributed by atoms with Crippen LogP contribution in [0, 0.1) is 0 Å². The third-order valence-corrected chi connectivity index (χ3v) is 5.84. The lowest BCUT2D eigenvalue weighted by Crippen LogP contribution is -2.39. The van der Waals surface area contributed by atoms with Crippen LogP contribution in [0.4, 0.5) is 0 Å². The van der Waals surface area contributed by atoms with Gasteiger partial charge in [-0.15, -0.1) is 0 Å². The van der Waals surface area contributed by atoms with E-state index in [1.807, 2.05) is 37.3 Å². The molecule has 1 amide bonds. The Morgan fingerprint density at radius 1 is 1.18 bits per heavy atom. The number of aryl methyl sites for hydroxylation is 1. The average Bonchev–Trinajstić information content (AvgIpc) is 2.98. The zero-order valence-corrected chi connectivity index (χ0v) is 16.4. The fraction of sp³-hybridized carbons (Fsp3) is 0.263. The van der Waals surface area contributed by atoms with Gasteiger partial charge in [-0.3, -0.25) is 9.36 Å². The van der Waals surface area contributed by atoms with Gasteiger partial charge >= 0.3 is 5.76 Å². The molecule has 9 heteroatoms. The Kier molecular flexibility index (Phi) is 5.66. The molecule has 0 fully saturated rings. The molecule has 0 unspecified atom stereocenters. The highest BCUT2D eigenvalue weighted by molar-refractivity contribution is 7.89. The molecule has 148 valence electrons. The van der Waals surface area contributed by atoms with Crippen molar-refractivity contribution < 1.29 is 17.6 Å². The number of fused-ring (bicyclic) bond motifs is 1. The van der Waals surface area contributed by atoms with E-state index < -0.39 is 15.8 Å². The summed E-state index contributed by atoms with van der Waals surface area (Å²) in [5.74, 6) is -0.908. The SMILES string of the molecule is CCN(Cc1ccccc1)C(=O)CNS(=O)(=O)c1ccc2c(c1)oc(=O)n2C. The number of nitrogens with zero attached hydrogens (tertiary/aromatic N) is 2. The van der Waals surface area contributed by atoms with Crippen molar-refractivity contribution in [1.29, 1.82) is 0 Å². The molecule has 0 aliphatic carbocycles. The maximum absolute atomic E-state index is 12.5. The van der Waals surface area contributed by atoms with E-state index >= 15 is 0 Å². The number of hydrogen-bond acceptors (Lipinski definition) is 5. The predicted molar refractivity (Wildman–Crippen MR) is 104 cm³/mol. The first kappa shape index (κ1) is 19.8. The van der Waals surface area contributed by atoms with Crippen LogP contribution in [0.2, 0.25) is 0 Å². The highest BCUT2D eigenvalue weighted by Gasteiger charge is 2.20. The molecule has 0 radical (unpaired) electrons. The van der Waals surface area contributed by atoms with Gasteiger partial charge in [0.25, 0.3) is 0 Å². The van der Waals surface area contributed by atoms with E-state index in [0.717, 1.165) is 5.56 Å². The molecule has 0 aliphatic heterocycles. The van der Waals surface area contributed by atoms with Crippen LogP contribution in [0.25, 0.3) is 11.1 Å². The Labute approximate surface area is 162 Å². The summed E-state index contributed by atoms with van der Waals surface area (Å²) in [5.41, 5.74) is 1.62. The number of hydrogen-bond donors (Lipinski definition) is 1. The average molecular weight is 403 g/mol. The van der Waals surface area contributed by atoms with Gasteiger partial charge in [0.1, 0.15) is 0 Å². The van der Waals surface area contributed by atoms with Gasteiger partial charge in [0, 0.05) is 26.2 Å². The number of nitrogens with one attached hydrogen (secondary N) is 1. The van der Waals surface area contributed by atoms with Gasteiger partial charge in [0.15, 0.2) is 5.58 Å². The van der Waals surface area contributed by atoms with Crippen molar-refractivity contribution in [2.45, 2.75) is 18.4 Å². The van der Waals surface area contributed by atoms with Crippen LogP contribution < -0.4 is 10.5 Å². The molecule has 1 N–H and O–H groups in total. The monoisotopic (exact) mass is 403 g/mol. The normalized spacial score (nSPS) is 11.6.